The van der Waals surface area contributed by atoms with Crippen molar-refractivity contribution in [2.24, 2.45) is 0 Å². The Morgan fingerprint density at radius 2 is 1.71 bits per heavy atom. The summed E-state index contributed by atoms with van der Waals surface area (Å²) in [7, 11) is 0. The van der Waals surface area contributed by atoms with Gasteiger partial charge in [0.2, 0.25) is 0 Å². The van der Waals surface area contributed by atoms with E-state index < -0.39 is 0 Å². The Bertz CT molecular complexity index is 575. The Morgan fingerprint density at radius 1 is 1.05 bits per heavy atom. The van der Waals surface area contributed by atoms with Gasteiger partial charge < -0.3 is 15.2 Å². The minimum atomic E-state index is 0.602. The van der Waals surface area contributed by atoms with Crippen LogP contribution in [0.1, 0.15) is 6.92 Å². The molecule has 0 unspecified atom stereocenters. The van der Waals surface area contributed by atoms with Gasteiger partial charge in [-0.2, -0.15) is 0 Å². The van der Waals surface area contributed by atoms with Crippen molar-refractivity contribution in [1.29, 1.82) is 0 Å². The second-order valence-corrected chi connectivity index (χ2v) is 5.86. The van der Waals surface area contributed by atoms with Crippen molar-refractivity contribution in [2.75, 3.05) is 24.7 Å². The van der Waals surface area contributed by atoms with Crippen LogP contribution in [0.25, 0.3) is 0 Å². The van der Waals surface area contributed by atoms with Gasteiger partial charge in [0.05, 0.1) is 13.2 Å². The summed E-state index contributed by atoms with van der Waals surface area (Å²) in [5, 5.41) is 0.694. The summed E-state index contributed by atoms with van der Waals surface area (Å²) in [4.78, 5) is 0.984. The van der Waals surface area contributed by atoms with Gasteiger partial charge in [-0.1, -0.05) is 11.6 Å². The molecule has 3 nitrogen and oxygen atoms in total. The predicted octanol–water partition coefficient (Wildman–Crippen LogP) is 4.49. The van der Waals surface area contributed by atoms with E-state index in [1.807, 2.05) is 43.3 Å². The van der Waals surface area contributed by atoms with E-state index >= 15 is 0 Å². The second kappa shape index (κ2) is 8.05. The molecule has 0 saturated heterocycles. The third-order valence-corrected chi connectivity index (χ3v) is 3.99. The molecule has 112 valence electrons. The molecule has 0 aromatic heterocycles. The molecule has 21 heavy (non-hydrogen) atoms. The number of ether oxygens (including phenoxy) is 2. The van der Waals surface area contributed by atoms with Gasteiger partial charge in [-0.25, -0.2) is 0 Å². The van der Waals surface area contributed by atoms with Crippen LogP contribution in [0.2, 0.25) is 5.02 Å². The zero-order valence-corrected chi connectivity index (χ0v) is 13.4. The highest BCUT2D eigenvalue weighted by Gasteiger charge is 2.02. The predicted molar refractivity (Wildman–Crippen MR) is 89.7 cm³/mol. The Labute approximate surface area is 134 Å². The van der Waals surface area contributed by atoms with Crippen LogP contribution in [0, 0.1) is 0 Å². The molecular formula is C16H18ClNO2S. The maximum Gasteiger partial charge on any atom is 0.119 e. The highest BCUT2D eigenvalue weighted by molar-refractivity contribution is 7.99. The summed E-state index contributed by atoms with van der Waals surface area (Å²) in [6.07, 6.45) is 0. The smallest absolute Gasteiger partial charge is 0.119 e. The fourth-order valence-electron chi connectivity index (χ4n) is 1.74. The highest BCUT2D eigenvalue weighted by Crippen LogP contribution is 2.28. The summed E-state index contributed by atoms with van der Waals surface area (Å²) in [5.41, 5.74) is 6.63. The van der Waals surface area contributed by atoms with Crippen molar-refractivity contribution >= 4 is 29.1 Å². The summed E-state index contributed by atoms with van der Waals surface area (Å²) in [6, 6.07) is 13.1. The number of benzene rings is 2. The van der Waals surface area contributed by atoms with Gasteiger partial charge in [0, 0.05) is 21.4 Å². The van der Waals surface area contributed by atoms with E-state index in [1.54, 1.807) is 17.8 Å². The molecule has 5 heteroatoms. The first-order valence-electron chi connectivity index (χ1n) is 6.72. The first-order chi connectivity index (χ1) is 10.2. The monoisotopic (exact) mass is 323 g/mol. The van der Waals surface area contributed by atoms with Crippen LogP contribution in [-0.4, -0.2) is 19.0 Å². The number of halogens is 1. The number of hydrogen-bond acceptors (Lipinski definition) is 4. The van der Waals surface area contributed by atoms with Gasteiger partial charge >= 0.3 is 0 Å². The summed E-state index contributed by atoms with van der Waals surface area (Å²) < 4.78 is 11.1. The quantitative estimate of drug-likeness (QED) is 0.463. The molecule has 0 aliphatic carbocycles. The first kappa shape index (κ1) is 15.9. The van der Waals surface area contributed by atoms with Crippen LogP contribution in [0.15, 0.2) is 47.4 Å². The third kappa shape index (κ3) is 5.06. The molecule has 2 aromatic carbocycles. The van der Waals surface area contributed by atoms with Crippen molar-refractivity contribution < 1.29 is 9.47 Å². The zero-order valence-electron chi connectivity index (χ0n) is 11.8. The SMILES string of the molecule is CCOc1ccc(OCCSc2cc(Cl)ccc2N)cc1. The Balaban J connectivity index is 1.77. The minimum Gasteiger partial charge on any atom is -0.494 e. The normalized spacial score (nSPS) is 10.4. The lowest BCUT2D eigenvalue weighted by Crippen LogP contribution is -2.01. The maximum absolute atomic E-state index is 5.95. The van der Waals surface area contributed by atoms with Crippen LogP contribution >= 0.6 is 23.4 Å². The van der Waals surface area contributed by atoms with Crippen molar-refractivity contribution in [3.63, 3.8) is 0 Å². The van der Waals surface area contributed by atoms with Gasteiger partial charge in [-0.15, -0.1) is 11.8 Å². The Morgan fingerprint density at radius 3 is 2.38 bits per heavy atom. The van der Waals surface area contributed by atoms with Crippen molar-refractivity contribution in [3.8, 4) is 11.5 Å². The summed E-state index contributed by atoms with van der Waals surface area (Å²) in [5.74, 6) is 2.49. The molecule has 2 rings (SSSR count). The lowest BCUT2D eigenvalue weighted by Gasteiger charge is -2.09. The zero-order chi connectivity index (χ0) is 15.1. The number of anilines is 1. The number of hydrogen-bond donors (Lipinski definition) is 1. The molecule has 2 N–H and O–H groups in total. The fourth-order valence-corrected chi connectivity index (χ4v) is 2.81. The van der Waals surface area contributed by atoms with Crippen molar-refractivity contribution in [3.05, 3.63) is 47.5 Å². The average Bonchev–Trinajstić information content (AvgIpc) is 2.49. The van der Waals surface area contributed by atoms with E-state index in [9.17, 15) is 0 Å². The van der Waals surface area contributed by atoms with Crippen LogP contribution in [0.4, 0.5) is 5.69 Å². The standard InChI is InChI=1S/C16H18ClNO2S/c1-2-19-13-4-6-14(7-5-13)20-9-10-21-16-11-12(17)3-8-15(16)18/h3-8,11H,2,9-10,18H2,1H3. The molecule has 0 aliphatic heterocycles. The number of nitrogen functional groups attached to an aromatic ring is 1. The lowest BCUT2D eigenvalue weighted by atomic mass is 10.3. The van der Waals surface area contributed by atoms with E-state index in [-0.39, 0.29) is 0 Å². The van der Waals surface area contributed by atoms with E-state index in [2.05, 4.69) is 0 Å². The number of thioether (sulfide) groups is 1. The molecule has 2 aromatic rings. The molecule has 0 atom stereocenters. The van der Waals surface area contributed by atoms with Gasteiger partial charge in [0.25, 0.3) is 0 Å². The van der Waals surface area contributed by atoms with Crippen LogP contribution in [0.3, 0.4) is 0 Å². The van der Waals surface area contributed by atoms with Crippen molar-refractivity contribution in [1.82, 2.24) is 0 Å². The fraction of sp³-hybridized carbons (Fsp3) is 0.250. The number of nitrogens with two attached hydrogens (primary N) is 1. The summed E-state index contributed by atoms with van der Waals surface area (Å²) >= 11 is 7.59. The molecule has 0 spiro atoms. The topological polar surface area (TPSA) is 44.5 Å². The third-order valence-electron chi connectivity index (χ3n) is 2.72. The molecule has 0 heterocycles. The Hall–Kier alpha value is -1.52. The maximum atomic E-state index is 5.95. The van der Waals surface area contributed by atoms with Crippen LogP contribution in [0.5, 0.6) is 11.5 Å². The minimum absolute atomic E-state index is 0.602. The van der Waals surface area contributed by atoms with Gasteiger partial charge in [0.15, 0.2) is 0 Å². The molecule has 0 bridgehead atoms. The van der Waals surface area contributed by atoms with Crippen LogP contribution in [-0.2, 0) is 0 Å². The largest absolute Gasteiger partial charge is 0.494 e. The second-order valence-electron chi connectivity index (χ2n) is 4.28. The van der Waals surface area contributed by atoms with E-state index in [0.29, 0.717) is 18.2 Å². The lowest BCUT2D eigenvalue weighted by molar-refractivity contribution is 0.332. The van der Waals surface area contributed by atoms with Crippen molar-refractivity contribution in [2.45, 2.75) is 11.8 Å². The van der Waals surface area contributed by atoms with E-state index in [4.69, 9.17) is 26.8 Å². The highest BCUT2D eigenvalue weighted by atomic mass is 35.5. The molecule has 0 amide bonds. The average molecular weight is 324 g/mol. The Kier molecular flexibility index (Phi) is 6.08. The molecular weight excluding hydrogens is 306 g/mol. The van der Waals surface area contributed by atoms with Gasteiger partial charge in [-0.3, -0.25) is 0 Å². The van der Waals surface area contributed by atoms with E-state index in [0.717, 1.165) is 27.8 Å². The van der Waals surface area contributed by atoms with Crippen LogP contribution < -0.4 is 15.2 Å². The molecule has 0 saturated carbocycles. The number of rotatable bonds is 7. The first-order valence-corrected chi connectivity index (χ1v) is 8.09. The van der Waals surface area contributed by atoms with Gasteiger partial charge in [0.1, 0.15) is 11.5 Å². The molecule has 0 aliphatic rings. The molecule has 0 fully saturated rings. The van der Waals surface area contributed by atoms with Gasteiger partial charge in [-0.05, 0) is 49.4 Å². The molecule has 0 radical (unpaired) electrons. The van der Waals surface area contributed by atoms with E-state index in [1.165, 1.54) is 0 Å². The summed E-state index contributed by atoms with van der Waals surface area (Å²) in [6.45, 7) is 3.23.